The molecule has 1 aromatic heterocycles. The van der Waals surface area contributed by atoms with Crippen LogP contribution in [-0.2, 0) is 14.2 Å². The first kappa shape index (κ1) is 15.5. The van der Waals surface area contributed by atoms with Gasteiger partial charge in [-0.25, -0.2) is 4.98 Å². The summed E-state index contributed by atoms with van der Waals surface area (Å²) in [5, 5.41) is 6.45. The van der Waals surface area contributed by atoms with Gasteiger partial charge < -0.3 is 19.5 Å². The number of hydrogen-bond donors (Lipinski definition) is 1. The van der Waals surface area contributed by atoms with Crippen LogP contribution in [0.3, 0.4) is 0 Å². The molecule has 1 unspecified atom stereocenters. The number of nitrogens with zero attached hydrogens (tertiary/aromatic N) is 1. The fourth-order valence-electron chi connectivity index (χ4n) is 1.35. The van der Waals surface area contributed by atoms with E-state index in [-0.39, 0.29) is 6.04 Å². The lowest BCUT2D eigenvalue weighted by atomic mass is 10.3. The van der Waals surface area contributed by atoms with Crippen LogP contribution in [0.4, 0.5) is 0 Å². The van der Waals surface area contributed by atoms with E-state index in [0.717, 1.165) is 11.6 Å². The summed E-state index contributed by atoms with van der Waals surface area (Å²) in [7, 11) is 1.66. The molecule has 0 saturated heterocycles. The van der Waals surface area contributed by atoms with Crippen LogP contribution in [-0.4, -0.2) is 51.7 Å². The van der Waals surface area contributed by atoms with Crippen molar-refractivity contribution in [1.29, 1.82) is 0 Å². The minimum atomic E-state index is 0.284. The van der Waals surface area contributed by atoms with Crippen LogP contribution >= 0.6 is 11.3 Å². The monoisotopic (exact) mass is 274 g/mol. The van der Waals surface area contributed by atoms with Crippen molar-refractivity contribution in [2.45, 2.75) is 13.0 Å². The molecular formula is C12H22N2O3S. The highest BCUT2D eigenvalue weighted by Crippen LogP contribution is 2.13. The molecule has 0 aliphatic heterocycles. The second kappa shape index (κ2) is 10.4. The Bertz CT molecular complexity index is 283. The van der Waals surface area contributed by atoms with E-state index in [4.69, 9.17) is 14.2 Å². The van der Waals surface area contributed by atoms with Gasteiger partial charge in [-0.3, -0.25) is 0 Å². The molecule has 104 valence electrons. The van der Waals surface area contributed by atoms with Crippen molar-refractivity contribution in [3.63, 3.8) is 0 Å². The van der Waals surface area contributed by atoms with E-state index in [1.54, 1.807) is 18.4 Å². The van der Waals surface area contributed by atoms with Gasteiger partial charge in [0.05, 0.1) is 39.1 Å². The number of methoxy groups -OCH3 is 1. The third kappa shape index (κ3) is 7.03. The molecule has 1 N–H and O–H groups in total. The zero-order chi connectivity index (χ0) is 13.1. The molecule has 0 fully saturated rings. The Morgan fingerprint density at radius 3 is 2.61 bits per heavy atom. The van der Waals surface area contributed by atoms with Crippen LogP contribution in [0.2, 0.25) is 0 Å². The minimum Gasteiger partial charge on any atom is -0.382 e. The summed E-state index contributed by atoms with van der Waals surface area (Å²) in [6, 6.07) is 0.284. The molecule has 0 aliphatic rings. The van der Waals surface area contributed by atoms with Gasteiger partial charge in [0.2, 0.25) is 0 Å². The van der Waals surface area contributed by atoms with Crippen LogP contribution in [0.25, 0.3) is 0 Å². The van der Waals surface area contributed by atoms with Crippen molar-refractivity contribution in [2.24, 2.45) is 0 Å². The average molecular weight is 274 g/mol. The first-order chi connectivity index (χ1) is 8.84. The maximum atomic E-state index is 5.44. The highest BCUT2D eigenvalue weighted by molar-refractivity contribution is 7.09. The number of hydrogen-bond acceptors (Lipinski definition) is 6. The van der Waals surface area contributed by atoms with Crippen molar-refractivity contribution in [3.05, 3.63) is 16.6 Å². The van der Waals surface area contributed by atoms with E-state index >= 15 is 0 Å². The Kier molecular flexibility index (Phi) is 8.97. The Morgan fingerprint density at radius 2 is 1.94 bits per heavy atom. The molecule has 1 rings (SSSR count). The van der Waals surface area contributed by atoms with E-state index < -0.39 is 0 Å². The predicted molar refractivity (Wildman–Crippen MR) is 72.0 cm³/mol. The van der Waals surface area contributed by atoms with Crippen molar-refractivity contribution in [1.82, 2.24) is 10.3 Å². The first-order valence-electron chi connectivity index (χ1n) is 6.11. The quantitative estimate of drug-likeness (QED) is 0.619. The van der Waals surface area contributed by atoms with Crippen molar-refractivity contribution in [2.75, 3.05) is 46.7 Å². The van der Waals surface area contributed by atoms with Crippen LogP contribution in [0.5, 0.6) is 0 Å². The first-order valence-corrected chi connectivity index (χ1v) is 6.99. The number of rotatable bonds is 11. The second-order valence-corrected chi connectivity index (χ2v) is 4.69. The Morgan fingerprint density at radius 1 is 1.22 bits per heavy atom. The molecule has 1 heterocycles. The number of aromatic nitrogens is 1. The van der Waals surface area contributed by atoms with Crippen LogP contribution in [0.15, 0.2) is 11.6 Å². The fraction of sp³-hybridized carbons (Fsp3) is 0.750. The lowest BCUT2D eigenvalue weighted by molar-refractivity contribution is 0.0253. The smallest absolute Gasteiger partial charge is 0.109 e. The Balaban J connectivity index is 1.87. The zero-order valence-corrected chi connectivity index (χ0v) is 11.9. The predicted octanol–water partition coefficient (Wildman–Crippen LogP) is 1.47. The van der Waals surface area contributed by atoms with E-state index in [0.29, 0.717) is 33.0 Å². The van der Waals surface area contributed by atoms with Crippen LogP contribution < -0.4 is 5.32 Å². The van der Waals surface area contributed by atoms with E-state index in [9.17, 15) is 0 Å². The van der Waals surface area contributed by atoms with Gasteiger partial charge in [-0.15, -0.1) is 11.3 Å². The minimum absolute atomic E-state index is 0.284. The summed E-state index contributed by atoms with van der Waals surface area (Å²) >= 11 is 1.66. The highest BCUT2D eigenvalue weighted by Gasteiger charge is 2.05. The van der Waals surface area contributed by atoms with Gasteiger partial charge in [-0.05, 0) is 6.92 Å². The summed E-state index contributed by atoms with van der Waals surface area (Å²) in [4.78, 5) is 4.26. The largest absolute Gasteiger partial charge is 0.382 e. The number of thiazole rings is 1. The number of nitrogens with one attached hydrogen (secondary N) is 1. The van der Waals surface area contributed by atoms with Gasteiger partial charge in [0, 0.05) is 25.2 Å². The molecule has 0 aromatic carbocycles. The third-order valence-corrected chi connectivity index (χ3v) is 3.28. The van der Waals surface area contributed by atoms with Crippen LogP contribution in [0.1, 0.15) is 18.0 Å². The van der Waals surface area contributed by atoms with Gasteiger partial charge >= 0.3 is 0 Å². The van der Waals surface area contributed by atoms with Gasteiger partial charge in [0.15, 0.2) is 0 Å². The van der Waals surface area contributed by atoms with E-state index in [2.05, 4.69) is 17.2 Å². The second-order valence-electron chi connectivity index (χ2n) is 3.76. The van der Waals surface area contributed by atoms with Gasteiger partial charge in [0.1, 0.15) is 5.01 Å². The normalized spacial score (nSPS) is 12.8. The highest BCUT2D eigenvalue weighted by atomic mass is 32.1. The molecule has 0 spiro atoms. The van der Waals surface area contributed by atoms with Gasteiger partial charge in [0.25, 0.3) is 0 Å². The summed E-state index contributed by atoms with van der Waals surface area (Å²) in [6.45, 7) is 6.10. The lowest BCUT2D eigenvalue weighted by Gasteiger charge is -2.11. The maximum absolute atomic E-state index is 5.44. The average Bonchev–Trinajstić information content (AvgIpc) is 2.90. The van der Waals surface area contributed by atoms with E-state index in [1.807, 2.05) is 11.6 Å². The molecule has 0 aliphatic carbocycles. The molecule has 6 heteroatoms. The number of ether oxygens (including phenoxy) is 3. The molecule has 18 heavy (non-hydrogen) atoms. The molecule has 0 amide bonds. The Labute approximate surface area is 112 Å². The summed E-state index contributed by atoms with van der Waals surface area (Å²) in [6.07, 6.45) is 1.83. The van der Waals surface area contributed by atoms with Crippen LogP contribution in [0, 0.1) is 0 Å². The fourth-order valence-corrected chi connectivity index (χ4v) is 2.02. The Hall–Kier alpha value is -0.530. The zero-order valence-electron chi connectivity index (χ0n) is 11.1. The molecule has 1 aromatic rings. The molecular weight excluding hydrogens is 252 g/mol. The summed E-state index contributed by atoms with van der Waals surface area (Å²) in [5.74, 6) is 0. The standard InChI is InChI=1S/C12H22N2O3S/c1-11(12-14-4-10-18-12)13-3-5-16-8-9-17-7-6-15-2/h4,10-11,13H,3,5-9H2,1-2H3. The van der Waals surface area contributed by atoms with E-state index in [1.165, 1.54) is 0 Å². The third-order valence-electron chi connectivity index (χ3n) is 2.32. The van der Waals surface area contributed by atoms with Crippen molar-refractivity contribution in [3.8, 4) is 0 Å². The molecule has 0 radical (unpaired) electrons. The summed E-state index contributed by atoms with van der Waals surface area (Å²) in [5.41, 5.74) is 0. The summed E-state index contributed by atoms with van der Waals surface area (Å²) < 4.78 is 15.6. The van der Waals surface area contributed by atoms with Gasteiger partial charge in [-0.1, -0.05) is 0 Å². The topological polar surface area (TPSA) is 52.6 Å². The molecule has 0 bridgehead atoms. The lowest BCUT2D eigenvalue weighted by Crippen LogP contribution is -2.23. The maximum Gasteiger partial charge on any atom is 0.109 e. The molecule has 1 atom stereocenters. The molecule has 5 nitrogen and oxygen atoms in total. The van der Waals surface area contributed by atoms with Crippen molar-refractivity contribution < 1.29 is 14.2 Å². The van der Waals surface area contributed by atoms with Gasteiger partial charge in [-0.2, -0.15) is 0 Å². The SMILES string of the molecule is COCCOCCOCCNC(C)c1nccs1. The molecule has 0 saturated carbocycles. The van der Waals surface area contributed by atoms with Crippen molar-refractivity contribution >= 4 is 11.3 Å².